The van der Waals surface area contributed by atoms with Crippen molar-refractivity contribution in [1.82, 2.24) is 5.32 Å². The van der Waals surface area contributed by atoms with Crippen molar-refractivity contribution >= 4 is 0 Å². The maximum Gasteiger partial charge on any atom is 0.0468 e. The van der Waals surface area contributed by atoms with E-state index in [0.717, 1.165) is 6.61 Å². The number of nitrogens with one attached hydrogen (secondary N) is 1. The van der Waals surface area contributed by atoms with Crippen LogP contribution in [0, 0.1) is 5.41 Å². The molecule has 0 aromatic carbocycles. The van der Waals surface area contributed by atoms with Crippen molar-refractivity contribution in [3.63, 3.8) is 0 Å². The number of ether oxygens (including phenoxy) is 1. The molecule has 0 bridgehead atoms. The standard InChI is InChI=1S/C12H25NO/c1-4-5-11(2)13-10-12(6-7-12)8-9-14-3/h11,13H,4-10H2,1-3H3. The van der Waals surface area contributed by atoms with Gasteiger partial charge in [-0.1, -0.05) is 13.3 Å². The normalized spacial score (nSPS) is 20.8. The molecule has 14 heavy (non-hydrogen) atoms. The third-order valence-electron chi connectivity index (χ3n) is 3.34. The van der Waals surface area contributed by atoms with Crippen LogP contribution in [0.2, 0.25) is 0 Å². The Bertz CT molecular complexity index is 154. The van der Waals surface area contributed by atoms with E-state index in [1.54, 1.807) is 7.11 Å². The average molecular weight is 199 g/mol. The van der Waals surface area contributed by atoms with Gasteiger partial charge in [-0.2, -0.15) is 0 Å². The van der Waals surface area contributed by atoms with Gasteiger partial charge in [0.05, 0.1) is 0 Å². The number of hydrogen-bond donors (Lipinski definition) is 1. The molecule has 2 nitrogen and oxygen atoms in total. The zero-order chi connectivity index (χ0) is 10.4. The molecule has 1 unspecified atom stereocenters. The minimum atomic E-state index is 0.595. The van der Waals surface area contributed by atoms with Crippen LogP contribution in [0.5, 0.6) is 0 Å². The molecular weight excluding hydrogens is 174 g/mol. The average Bonchev–Trinajstić information content (AvgIpc) is 2.93. The molecule has 0 aromatic rings. The van der Waals surface area contributed by atoms with Gasteiger partial charge in [0.15, 0.2) is 0 Å². The first-order valence-corrected chi connectivity index (χ1v) is 5.95. The molecule has 1 fully saturated rings. The summed E-state index contributed by atoms with van der Waals surface area (Å²) >= 11 is 0. The third-order valence-corrected chi connectivity index (χ3v) is 3.34. The van der Waals surface area contributed by atoms with Gasteiger partial charge in [-0.05, 0) is 38.0 Å². The summed E-state index contributed by atoms with van der Waals surface area (Å²) in [7, 11) is 1.79. The van der Waals surface area contributed by atoms with Crippen molar-refractivity contribution in [3.05, 3.63) is 0 Å². The Morgan fingerprint density at radius 3 is 2.64 bits per heavy atom. The predicted octanol–water partition coefficient (Wildman–Crippen LogP) is 2.58. The van der Waals surface area contributed by atoms with E-state index in [0.29, 0.717) is 11.5 Å². The van der Waals surface area contributed by atoms with Crippen molar-refractivity contribution in [2.75, 3.05) is 20.3 Å². The molecule has 1 N–H and O–H groups in total. The van der Waals surface area contributed by atoms with E-state index in [1.165, 1.54) is 38.6 Å². The van der Waals surface area contributed by atoms with Gasteiger partial charge in [-0.25, -0.2) is 0 Å². The minimum Gasteiger partial charge on any atom is -0.385 e. The summed E-state index contributed by atoms with van der Waals surface area (Å²) < 4.78 is 5.14. The number of rotatable bonds is 8. The zero-order valence-corrected chi connectivity index (χ0v) is 9.94. The van der Waals surface area contributed by atoms with E-state index < -0.39 is 0 Å². The fourth-order valence-corrected chi connectivity index (χ4v) is 1.94. The van der Waals surface area contributed by atoms with E-state index >= 15 is 0 Å². The first-order valence-electron chi connectivity index (χ1n) is 5.95. The highest BCUT2D eigenvalue weighted by Crippen LogP contribution is 2.48. The fourth-order valence-electron chi connectivity index (χ4n) is 1.94. The van der Waals surface area contributed by atoms with Crippen molar-refractivity contribution < 1.29 is 4.74 Å². The minimum absolute atomic E-state index is 0.595. The first kappa shape index (κ1) is 12.0. The second kappa shape index (κ2) is 5.72. The van der Waals surface area contributed by atoms with Crippen molar-refractivity contribution in [1.29, 1.82) is 0 Å². The molecule has 1 aliphatic carbocycles. The topological polar surface area (TPSA) is 21.3 Å². The molecule has 0 spiro atoms. The molecule has 84 valence electrons. The van der Waals surface area contributed by atoms with Gasteiger partial charge in [0.2, 0.25) is 0 Å². The summed E-state index contributed by atoms with van der Waals surface area (Å²) in [4.78, 5) is 0. The molecule has 1 aliphatic rings. The maximum absolute atomic E-state index is 5.14. The molecule has 1 rings (SSSR count). The summed E-state index contributed by atoms with van der Waals surface area (Å²) in [6.45, 7) is 6.65. The molecule has 1 saturated carbocycles. The van der Waals surface area contributed by atoms with E-state index in [1.807, 2.05) is 0 Å². The highest BCUT2D eigenvalue weighted by Gasteiger charge is 2.41. The summed E-state index contributed by atoms with van der Waals surface area (Å²) in [6.07, 6.45) is 6.58. The Labute approximate surface area is 88.4 Å². The Hall–Kier alpha value is -0.0800. The second-order valence-corrected chi connectivity index (χ2v) is 4.81. The van der Waals surface area contributed by atoms with Crippen LogP contribution < -0.4 is 5.32 Å². The molecule has 0 saturated heterocycles. The molecule has 1 atom stereocenters. The SMILES string of the molecule is CCCC(C)NCC1(CCOC)CC1. The monoisotopic (exact) mass is 199 g/mol. The molecule has 0 aliphatic heterocycles. The van der Waals surface area contributed by atoms with Crippen LogP contribution in [0.3, 0.4) is 0 Å². The Kier molecular flexibility index (Phi) is 4.90. The number of hydrogen-bond acceptors (Lipinski definition) is 2. The van der Waals surface area contributed by atoms with Gasteiger partial charge in [0.25, 0.3) is 0 Å². The van der Waals surface area contributed by atoms with E-state index in [9.17, 15) is 0 Å². The molecule has 0 amide bonds. The van der Waals surface area contributed by atoms with Gasteiger partial charge in [0, 0.05) is 26.3 Å². The highest BCUT2D eigenvalue weighted by molar-refractivity contribution is 4.95. The van der Waals surface area contributed by atoms with Crippen LogP contribution in [-0.4, -0.2) is 26.3 Å². The molecule has 0 heterocycles. The second-order valence-electron chi connectivity index (χ2n) is 4.81. The van der Waals surface area contributed by atoms with Crippen LogP contribution in [-0.2, 0) is 4.74 Å². The Morgan fingerprint density at radius 1 is 1.43 bits per heavy atom. The number of methoxy groups -OCH3 is 1. The van der Waals surface area contributed by atoms with E-state index in [4.69, 9.17) is 4.74 Å². The van der Waals surface area contributed by atoms with Crippen LogP contribution >= 0.6 is 0 Å². The van der Waals surface area contributed by atoms with Gasteiger partial charge in [-0.3, -0.25) is 0 Å². The third kappa shape index (κ3) is 3.97. The lowest BCUT2D eigenvalue weighted by Crippen LogP contribution is -2.32. The Morgan fingerprint density at radius 2 is 2.14 bits per heavy atom. The fraction of sp³-hybridized carbons (Fsp3) is 1.00. The molecule has 2 heteroatoms. The van der Waals surface area contributed by atoms with Gasteiger partial charge in [-0.15, -0.1) is 0 Å². The van der Waals surface area contributed by atoms with E-state index in [2.05, 4.69) is 19.2 Å². The van der Waals surface area contributed by atoms with Gasteiger partial charge < -0.3 is 10.1 Å². The van der Waals surface area contributed by atoms with Gasteiger partial charge >= 0.3 is 0 Å². The first-order chi connectivity index (χ1) is 6.72. The molecular formula is C12H25NO. The van der Waals surface area contributed by atoms with Crippen molar-refractivity contribution in [2.45, 2.75) is 52.0 Å². The van der Waals surface area contributed by atoms with Crippen molar-refractivity contribution in [2.24, 2.45) is 5.41 Å². The summed E-state index contributed by atoms with van der Waals surface area (Å²) in [6, 6.07) is 0.681. The summed E-state index contributed by atoms with van der Waals surface area (Å²) in [5, 5.41) is 3.64. The smallest absolute Gasteiger partial charge is 0.0468 e. The van der Waals surface area contributed by atoms with Crippen LogP contribution in [0.15, 0.2) is 0 Å². The zero-order valence-electron chi connectivity index (χ0n) is 9.94. The summed E-state index contributed by atoms with van der Waals surface area (Å²) in [5.41, 5.74) is 0.595. The maximum atomic E-state index is 5.14. The van der Waals surface area contributed by atoms with Crippen LogP contribution in [0.25, 0.3) is 0 Å². The van der Waals surface area contributed by atoms with Crippen molar-refractivity contribution in [3.8, 4) is 0 Å². The quantitative estimate of drug-likeness (QED) is 0.649. The lowest BCUT2D eigenvalue weighted by molar-refractivity contribution is 0.170. The highest BCUT2D eigenvalue weighted by atomic mass is 16.5. The summed E-state index contributed by atoms with van der Waals surface area (Å²) in [5.74, 6) is 0. The lowest BCUT2D eigenvalue weighted by Gasteiger charge is -2.19. The lowest BCUT2D eigenvalue weighted by atomic mass is 10.0. The largest absolute Gasteiger partial charge is 0.385 e. The predicted molar refractivity (Wildman–Crippen MR) is 60.5 cm³/mol. The molecule has 0 aromatic heterocycles. The van der Waals surface area contributed by atoms with Crippen LogP contribution in [0.1, 0.15) is 46.0 Å². The Balaban J connectivity index is 2.10. The van der Waals surface area contributed by atoms with Gasteiger partial charge in [0.1, 0.15) is 0 Å². The van der Waals surface area contributed by atoms with Crippen LogP contribution in [0.4, 0.5) is 0 Å². The molecule has 0 radical (unpaired) electrons. The van der Waals surface area contributed by atoms with E-state index in [-0.39, 0.29) is 0 Å².